The SMILES string of the molecule is Cc1ccc2nc(C)c(C(=O)OCC3(C)COC3)cc2c1. The number of benzene rings is 1. The van der Waals surface area contributed by atoms with Gasteiger partial charge in [-0.25, -0.2) is 4.79 Å². The molecule has 0 amide bonds. The van der Waals surface area contributed by atoms with Crippen LogP contribution in [0.2, 0.25) is 0 Å². The van der Waals surface area contributed by atoms with Crippen LogP contribution in [-0.2, 0) is 9.47 Å². The normalized spacial score (nSPS) is 16.5. The summed E-state index contributed by atoms with van der Waals surface area (Å²) in [4.78, 5) is 16.8. The third-order valence-electron chi connectivity index (χ3n) is 3.83. The number of aromatic nitrogens is 1. The van der Waals surface area contributed by atoms with Crippen molar-refractivity contribution in [1.29, 1.82) is 0 Å². The zero-order valence-corrected chi connectivity index (χ0v) is 12.6. The van der Waals surface area contributed by atoms with E-state index in [-0.39, 0.29) is 11.4 Å². The lowest BCUT2D eigenvalue weighted by molar-refractivity contribution is -0.127. The molecule has 1 fully saturated rings. The van der Waals surface area contributed by atoms with Gasteiger partial charge in [-0.2, -0.15) is 0 Å². The standard InChI is InChI=1S/C17H19NO3/c1-11-4-5-15-13(6-11)7-14(12(2)18-15)16(19)21-10-17(3)8-20-9-17/h4-7H,8-10H2,1-3H3. The number of hydrogen-bond acceptors (Lipinski definition) is 4. The van der Waals surface area contributed by atoms with E-state index < -0.39 is 0 Å². The second kappa shape index (κ2) is 5.11. The summed E-state index contributed by atoms with van der Waals surface area (Å²) in [6.45, 7) is 7.59. The number of esters is 1. The summed E-state index contributed by atoms with van der Waals surface area (Å²) in [6, 6.07) is 7.88. The van der Waals surface area contributed by atoms with Crippen molar-refractivity contribution in [2.75, 3.05) is 19.8 Å². The van der Waals surface area contributed by atoms with Crippen LogP contribution in [0, 0.1) is 19.3 Å². The third kappa shape index (κ3) is 2.76. The number of fused-ring (bicyclic) bond motifs is 1. The minimum atomic E-state index is -0.309. The topological polar surface area (TPSA) is 48.4 Å². The highest BCUT2D eigenvalue weighted by Crippen LogP contribution is 2.27. The molecule has 1 aliphatic heterocycles. The molecular formula is C17H19NO3. The first kappa shape index (κ1) is 14.0. The summed E-state index contributed by atoms with van der Waals surface area (Å²) in [5.74, 6) is -0.309. The van der Waals surface area contributed by atoms with Gasteiger partial charge in [-0.05, 0) is 32.0 Å². The average molecular weight is 285 g/mol. The van der Waals surface area contributed by atoms with Gasteiger partial charge in [0.2, 0.25) is 0 Å². The molecule has 3 rings (SSSR count). The molecule has 0 bridgehead atoms. The van der Waals surface area contributed by atoms with Crippen LogP contribution in [0.3, 0.4) is 0 Å². The van der Waals surface area contributed by atoms with E-state index in [9.17, 15) is 4.79 Å². The lowest BCUT2D eigenvalue weighted by Gasteiger charge is -2.37. The molecule has 0 N–H and O–H groups in total. The lowest BCUT2D eigenvalue weighted by atomic mass is 9.90. The Hall–Kier alpha value is -1.94. The van der Waals surface area contributed by atoms with Crippen molar-refractivity contribution < 1.29 is 14.3 Å². The van der Waals surface area contributed by atoms with Crippen molar-refractivity contribution in [3.63, 3.8) is 0 Å². The van der Waals surface area contributed by atoms with E-state index >= 15 is 0 Å². The van der Waals surface area contributed by atoms with Crippen LogP contribution in [0.4, 0.5) is 0 Å². The molecule has 0 unspecified atom stereocenters. The highest BCUT2D eigenvalue weighted by molar-refractivity contribution is 5.95. The van der Waals surface area contributed by atoms with Gasteiger partial charge in [0.15, 0.2) is 0 Å². The molecule has 1 aromatic heterocycles. The molecule has 21 heavy (non-hydrogen) atoms. The van der Waals surface area contributed by atoms with Crippen molar-refractivity contribution in [2.45, 2.75) is 20.8 Å². The third-order valence-corrected chi connectivity index (χ3v) is 3.83. The van der Waals surface area contributed by atoms with Crippen LogP contribution in [0.1, 0.15) is 28.5 Å². The van der Waals surface area contributed by atoms with E-state index in [0.29, 0.717) is 31.1 Å². The van der Waals surface area contributed by atoms with Crippen LogP contribution < -0.4 is 0 Å². The van der Waals surface area contributed by atoms with Crippen LogP contribution in [0.15, 0.2) is 24.3 Å². The summed E-state index contributed by atoms with van der Waals surface area (Å²) in [5, 5.41) is 0.964. The van der Waals surface area contributed by atoms with Crippen molar-refractivity contribution in [2.24, 2.45) is 5.41 Å². The molecule has 4 nitrogen and oxygen atoms in total. The largest absolute Gasteiger partial charge is 0.461 e. The summed E-state index contributed by atoms with van der Waals surface area (Å²) < 4.78 is 10.6. The molecule has 0 atom stereocenters. The molecule has 1 saturated heterocycles. The fraction of sp³-hybridized carbons (Fsp3) is 0.412. The van der Waals surface area contributed by atoms with Crippen LogP contribution in [0.5, 0.6) is 0 Å². The molecule has 0 saturated carbocycles. The minimum absolute atomic E-state index is 0.0373. The maximum Gasteiger partial charge on any atom is 0.340 e. The van der Waals surface area contributed by atoms with Crippen LogP contribution >= 0.6 is 0 Å². The van der Waals surface area contributed by atoms with E-state index in [1.807, 2.05) is 38.1 Å². The highest BCUT2D eigenvalue weighted by Gasteiger charge is 2.35. The van der Waals surface area contributed by atoms with Gasteiger partial charge in [-0.3, -0.25) is 4.98 Å². The Morgan fingerprint density at radius 3 is 2.76 bits per heavy atom. The summed E-state index contributed by atoms with van der Waals surface area (Å²) in [6.07, 6.45) is 0. The molecule has 0 radical (unpaired) electrons. The van der Waals surface area contributed by atoms with Gasteiger partial charge < -0.3 is 9.47 Å². The van der Waals surface area contributed by atoms with Gasteiger partial charge in [0.1, 0.15) is 6.61 Å². The number of carbonyl (C=O) groups excluding carboxylic acids is 1. The molecule has 0 aliphatic carbocycles. The fourth-order valence-corrected chi connectivity index (χ4v) is 2.45. The number of ether oxygens (including phenoxy) is 2. The van der Waals surface area contributed by atoms with Crippen molar-refractivity contribution in [3.8, 4) is 0 Å². The van der Waals surface area contributed by atoms with Crippen LogP contribution in [-0.4, -0.2) is 30.8 Å². The molecule has 2 heterocycles. The molecule has 4 heteroatoms. The Balaban J connectivity index is 1.84. The molecule has 1 aliphatic rings. The van der Waals surface area contributed by atoms with Gasteiger partial charge in [0.05, 0.1) is 30.0 Å². The predicted octanol–water partition coefficient (Wildman–Crippen LogP) is 3.04. The second-order valence-corrected chi connectivity index (χ2v) is 6.20. The van der Waals surface area contributed by atoms with E-state index in [1.54, 1.807) is 0 Å². The van der Waals surface area contributed by atoms with Crippen molar-refractivity contribution >= 4 is 16.9 Å². The fourth-order valence-electron chi connectivity index (χ4n) is 2.45. The predicted molar refractivity (Wildman–Crippen MR) is 80.4 cm³/mol. The minimum Gasteiger partial charge on any atom is -0.461 e. The Morgan fingerprint density at radius 2 is 2.10 bits per heavy atom. The van der Waals surface area contributed by atoms with Gasteiger partial charge >= 0.3 is 5.97 Å². The molecular weight excluding hydrogens is 266 g/mol. The van der Waals surface area contributed by atoms with E-state index in [2.05, 4.69) is 11.9 Å². The van der Waals surface area contributed by atoms with Gasteiger partial charge in [0.25, 0.3) is 0 Å². The summed E-state index contributed by atoms with van der Waals surface area (Å²) >= 11 is 0. The monoisotopic (exact) mass is 285 g/mol. The highest BCUT2D eigenvalue weighted by atomic mass is 16.5. The average Bonchev–Trinajstić information content (AvgIpc) is 2.42. The van der Waals surface area contributed by atoms with E-state index in [0.717, 1.165) is 16.5 Å². The molecule has 0 spiro atoms. The first-order valence-electron chi connectivity index (χ1n) is 7.10. The van der Waals surface area contributed by atoms with Crippen LogP contribution in [0.25, 0.3) is 10.9 Å². The lowest BCUT2D eigenvalue weighted by Crippen LogP contribution is -2.44. The maximum atomic E-state index is 12.3. The van der Waals surface area contributed by atoms with E-state index in [4.69, 9.17) is 9.47 Å². The Bertz CT molecular complexity index is 704. The number of aryl methyl sites for hydroxylation is 2. The number of carbonyl (C=O) groups is 1. The zero-order chi connectivity index (χ0) is 15.0. The maximum absolute atomic E-state index is 12.3. The zero-order valence-electron chi connectivity index (χ0n) is 12.6. The first-order valence-corrected chi connectivity index (χ1v) is 7.10. The summed E-state index contributed by atoms with van der Waals surface area (Å²) in [5.41, 5.74) is 3.24. The first-order chi connectivity index (χ1) is 9.97. The van der Waals surface area contributed by atoms with Gasteiger partial charge in [-0.15, -0.1) is 0 Å². The number of pyridine rings is 1. The Labute approximate surface area is 124 Å². The second-order valence-electron chi connectivity index (χ2n) is 6.20. The number of hydrogen-bond donors (Lipinski definition) is 0. The molecule has 2 aromatic rings. The van der Waals surface area contributed by atoms with Crippen molar-refractivity contribution in [1.82, 2.24) is 4.98 Å². The Kier molecular flexibility index (Phi) is 3.41. The van der Waals surface area contributed by atoms with E-state index in [1.165, 1.54) is 0 Å². The van der Waals surface area contributed by atoms with Gasteiger partial charge in [-0.1, -0.05) is 18.6 Å². The molecule has 110 valence electrons. The molecule has 1 aromatic carbocycles. The number of nitrogens with zero attached hydrogens (tertiary/aromatic N) is 1. The quantitative estimate of drug-likeness (QED) is 0.813. The van der Waals surface area contributed by atoms with Crippen molar-refractivity contribution in [3.05, 3.63) is 41.1 Å². The smallest absolute Gasteiger partial charge is 0.340 e. The van der Waals surface area contributed by atoms with Gasteiger partial charge in [0, 0.05) is 10.8 Å². The summed E-state index contributed by atoms with van der Waals surface area (Å²) in [7, 11) is 0. The Morgan fingerprint density at radius 1 is 1.33 bits per heavy atom. The number of rotatable bonds is 3.